The fourth-order valence-electron chi connectivity index (χ4n) is 1.72. The van der Waals surface area contributed by atoms with Crippen LogP contribution in [0, 0.1) is 0 Å². The van der Waals surface area contributed by atoms with Gasteiger partial charge in [-0.05, 0) is 25.0 Å². The molecule has 19 heavy (non-hydrogen) atoms. The summed E-state index contributed by atoms with van der Waals surface area (Å²) >= 11 is 1.39. The van der Waals surface area contributed by atoms with E-state index in [9.17, 15) is 13.2 Å². The minimum Gasteiger partial charge on any atom is -0.389 e. The van der Waals surface area contributed by atoms with Crippen LogP contribution in [0.1, 0.15) is 23.9 Å². The summed E-state index contributed by atoms with van der Waals surface area (Å²) in [7, 11) is 0. The van der Waals surface area contributed by atoms with E-state index in [1.807, 2.05) is 6.92 Å². The topological polar surface area (TPSA) is 38.9 Å². The lowest BCUT2D eigenvalue weighted by atomic mass is 10.1. The maximum atomic E-state index is 12.5. The molecule has 1 heterocycles. The molecule has 2 N–H and O–H groups in total. The van der Waals surface area contributed by atoms with E-state index in [4.69, 9.17) is 5.73 Å². The highest BCUT2D eigenvalue weighted by molar-refractivity contribution is 7.16. The van der Waals surface area contributed by atoms with Crippen molar-refractivity contribution in [3.05, 3.63) is 34.8 Å². The number of hydrogen-bond acceptors (Lipinski definition) is 3. The molecule has 2 aromatic rings. The minimum absolute atomic E-state index is 0.545. The molecule has 0 aliphatic heterocycles. The molecule has 0 aliphatic carbocycles. The fourth-order valence-corrected chi connectivity index (χ4v) is 2.68. The summed E-state index contributed by atoms with van der Waals surface area (Å²) in [5, 5.41) is 1.46. The molecule has 0 saturated heterocycles. The lowest BCUT2D eigenvalue weighted by Crippen LogP contribution is -2.04. The van der Waals surface area contributed by atoms with Gasteiger partial charge in [-0.15, -0.1) is 11.3 Å². The van der Waals surface area contributed by atoms with Crippen molar-refractivity contribution in [1.82, 2.24) is 4.98 Å². The number of hydrogen-bond donors (Lipinski definition) is 1. The maximum Gasteiger partial charge on any atom is 0.416 e. The molecule has 2 rings (SSSR count). The Morgan fingerprint density at radius 3 is 2.37 bits per heavy atom. The maximum absolute atomic E-state index is 12.5. The standard InChI is InChI=1S/C13H13F3N2S/c1-2-3-10-18-11(12(17)19-10)8-4-6-9(7-5-8)13(14,15)16/h4-7H,2-3,17H2,1H3. The van der Waals surface area contributed by atoms with E-state index in [2.05, 4.69) is 4.98 Å². The van der Waals surface area contributed by atoms with Crippen LogP contribution in [-0.4, -0.2) is 4.98 Å². The molecule has 0 spiro atoms. The van der Waals surface area contributed by atoms with Crippen molar-refractivity contribution in [2.45, 2.75) is 25.9 Å². The van der Waals surface area contributed by atoms with Gasteiger partial charge in [0.2, 0.25) is 0 Å². The number of thiazole rings is 1. The zero-order valence-corrected chi connectivity index (χ0v) is 11.1. The summed E-state index contributed by atoms with van der Waals surface area (Å²) < 4.78 is 37.4. The van der Waals surface area contributed by atoms with Gasteiger partial charge in [0, 0.05) is 5.56 Å². The molecular weight excluding hydrogens is 273 g/mol. The number of anilines is 1. The van der Waals surface area contributed by atoms with Crippen molar-refractivity contribution < 1.29 is 13.2 Å². The van der Waals surface area contributed by atoms with E-state index < -0.39 is 11.7 Å². The number of aryl methyl sites for hydroxylation is 1. The molecule has 0 aliphatic rings. The number of alkyl halides is 3. The Balaban J connectivity index is 2.32. The van der Waals surface area contributed by atoms with Crippen molar-refractivity contribution in [2.24, 2.45) is 0 Å². The van der Waals surface area contributed by atoms with Crippen LogP contribution in [0.4, 0.5) is 18.2 Å². The third-order valence-electron chi connectivity index (χ3n) is 2.65. The van der Waals surface area contributed by atoms with Crippen LogP contribution in [0.25, 0.3) is 11.3 Å². The first-order valence-corrected chi connectivity index (χ1v) is 6.66. The normalized spacial score (nSPS) is 11.8. The third kappa shape index (κ3) is 3.07. The van der Waals surface area contributed by atoms with Gasteiger partial charge in [-0.1, -0.05) is 19.1 Å². The average Bonchev–Trinajstić information content (AvgIpc) is 2.70. The SMILES string of the molecule is CCCc1nc(-c2ccc(C(F)(F)F)cc2)c(N)s1. The fraction of sp³-hybridized carbons (Fsp3) is 0.308. The largest absolute Gasteiger partial charge is 0.416 e. The van der Waals surface area contributed by atoms with Crippen molar-refractivity contribution in [1.29, 1.82) is 0 Å². The van der Waals surface area contributed by atoms with E-state index in [1.165, 1.54) is 23.5 Å². The molecule has 0 atom stereocenters. The van der Waals surface area contributed by atoms with E-state index in [0.717, 1.165) is 30.0 Å². The minimum atomic E-state index is -4.32. The van der Waals surface area contributed by atoms with Crippen LogP contribution in [-0.2, 0) is 12.6 Å². The summed E-state index contributed by atoms with van der Waals surface area (Å²) in [5.74, 6) is 0. The van der Waals surface area contributed by atoms with Gasteiger partial charge in [-0.3, -0.25) is 0 Å². The molecule has 1 aromatic heterocycles. The van der Waals surface area contributed by atoms with Gasteiger partial charge in [0.25, 0.3) is 0 Å². The van der Waals surface area contributed by atoms with Gasteiger partial charge in [0.15, 0.2) is 0 Å². The van der Waals surface area contributed by atoms with Crippen LogP contribution in [0.3, 0.4) is 0 Å². The van der Waals surface area contributed by atoms with Crippen molar-refractivity contribution in [2.75, 3.05) is 5.73 Å². The smallest absolute Gasteiger partial charge is 0.389 e. The number of halogens is 3. The van der Waals surface area contributed by atoms with E-state index >= 15 is 0 Å². The van der Waals surface area contributed by atoms with Gasteiger partial charge in [-0.2, -0.15) is 13.2 Å². The highest BCUT2D eigenvalue weighted by Gasteiger charge is 2.30. The number of nitrogens with zero attached hydrogens (tertiary/aromatic N) is 1. The summed E-state index contributed by atoms with van der Waals surface area (Å²) in [6.07, 6.45) is -2.53. The molecule has 6 heteroatoms. The van der Waals surface area contributed by atoms with Crippen LogP contribution in [0.15, 0.2) is 24.3 Å². The lowest BCUT2D eigenvalue weighted by Gasteiger charge is -2.06. The zero-order chi connectivity index (χ0) is 14.0. The summed E-state index contributed by atoms with van der Waals surface area (Å²) in [4.78, 5) is 4.37. The molecule has 0 fully saturated rings. The lowest BCUT2D eigenvalue weighted by molar-refractivity contribution is -0.137. The molecule has 0 bridgehead atoms. The quantitative estimate of drug-likeness (QED) is 0.910. The van der Waals surface area contributed by atoms with E-state index in [0.29, 0.717) is 16.3 Å². The number of aromatic nitrogens is 1. The Morgan fingerprint density at radius 2 is 1.84 bits per heavy atom. The molecule has 0 amide bonds. The van der Waals surface area contributed by atoms with Crippen LogP contribution < -0.4 is 5.73 Å². The molecule has 1 aromatic carbocycles. The van der Waals surface area contributed by atoms with Crippen molar-refractivity contribution in [3.8, 4) is 11.3 Å². The van der Waals surface area contributed by atoms with Crippen LogP contribution >= 0.6 is 11.3 Å². The molecule has 102 valence electrons. The van der Waals surface area contributed by atoms with Gasteiger partial charge in [0.1, 0.15) is 10.7 Å². The predicted octanol–water partition coefficient (Wildman–Crippen LogP) is 4.36. The van der Waals surface area contributed by atoms with Gasteiger partial charge in [-0.25, -0.2) is 4.98 Å². The molecular formula is C13H13F3N2S. The highest BCUT2D eigenvalue weighted by Crippen LogP contribution is 2.34. The van der Waals surface area contributed by atoms with Gasteiger partial charge < -0.3 is 5.73 Å². The number of nitrogen functional groups attached to an aromatic ring is 1. The van der Waals surface area contributed by atoms with Gasteiger partial charge in [0.05, 0.1) is 10.6 Å². The molecule has 0 radical (unpaired) electrons. The zero-order valence-electron chi connectivity index (χ0n) is 10.3. The first-order chi connectivity index (χ1) is 8.91. The van der Waals surface area contributed by atoms with Crippen LogP contribution in [0.5, 0.6) is 0 Å². The van der Waals surface area contributed by atoms with Gasteiger partial charge >= 0.3 is 6.18 Å². The highest BCUT2D eigenvalue weighted by atomic mass is 32.1. The third-order valence-corrected chi connectivity index (χ3v) is 3.59. The Kier molecular flexibility index (Phi) is 3.80. The monoisotopic (exact) mass is 286 g/mol. The van der Waals surface area contributed by atoms with Crippen LogP contribution in [0.2, 0.25) is 0 Å². The van der Waals surface area contributed by atoms with E-state index in [1.54, 1.807) is 0 Å². The molecule has 0 saturated carbocycles. The number of rotatable bonds is 3. The summed E-state index contributed by atoms with van der Waals surface area (Å²) in [6, 6.07) is 4.91. The average molecular weight is 286 g/mol. The van der Waals surface area contributed by atoms with Crippen molar-refractivity contribution >= 4 is 16.3 Å². The summed E-state index contributed by atoms with van der Waals surface area (Å²) in [5.41, 5.74) is 6.38. The predicted molar refractivity (Wildman–Crippen MR) is 71.0 cm³/mol. The first kappa shape index (κ1) is 13.9. The number of nitrogens with two attached hydrogens (primary N) is 1. The van der Waals surface area contributed by atoms with E-state index in [-0.39, 0.29) is 0 Å². The second-order valence-electron chi connectivity index (χ2n) is 4.15. The molecule has 0 unspecified atom stereocenters. The summed E-state index contributed by atoms with van der Waals surface area (Å²) in [6.45, 7) is 2.04. The first-order valence-electron chi connectivity index (χ1n) is 5.84. The Labute approximate surface area is 113 Å². The Hall–Kier alpha value is -1.56. The van der Waals surface area contributed by atoms with Crippen molar-refractivity contribution in [3.63, 3.8) is 0 Å². The molecule has 2 nitrogen and oxygen atoms in total. The Morgan fingerprint density at radius 1 is 1.21 bits per heavy atom. The Bertz CT molecular complexity index is 558. The second-order valence-corrected chi connectivity index (χ2v) is 5.26. The number of benzene rings is 1. The second kappa shape index (κ2) is 5.21.